The molecule has 0 radical (unpaired) electrons. The molecular weight excluding hydrogens is 286 g/mol. The van der Waals surface area contributed by atoms with E-state index in [4.69, 9.17) is 16.3 Å². The Balaban J connectivity index is 1.84. The zero-order valence-corrected chi connectivity index (χ0v) is 12.7. The molecule has 0 saturated carbocycles. The zero-order chi connectivity index (χ0) is 14.4. The number of aromatic hydroxyl groups is 1. The molecule has 1 saturated heterocycles. The van der Waals surface area contributed by atoms with Crippen LogP contribution in [0.5, 0.6) is 11.5 Å². The number of hydrogen-bond donors (Lipinski definition) is 1. The van der Waals surface area contributed by atoms with Gasteiger partial charge in [-0.15, -0.1) is 11.6 Å². The summed E-state index contributed by atoms with van der Waals surface area (Å²) in [5, 5.41) is 10.1. The minimum Gasteiger partial charge on any atom is -0.504 e. The Hall–Kier alpha value is -1.19. The molecule has 1 spiro atoms. The highest BCUT2D eigenvalue weighted by molar-refractivity contribution is 6.22. The lowest BCUT2D eigenvalue weighted by atomic mass is 9.53. The summed E-state index contributed by atoms with van der Waals surface area (Å²) in [6, 6.07) is 4.36. The number of likely N-dealkylation sites (N-methyl/N-ethyl adjacent to an activating group) is 1. The fourth-order valence-electron chi connectivity index (χ4n) is 5.21. The van der Waals surface area contributed by atoms with Gasteiger partial charge in [0.25, 0.3) is 0 Å². The van der Waals surface area contributed by atoms with Crippen molar-refractivity contribution in [3.05, 3.63) is 35.4 Å². The lowest BCUT2D eigenvalue weighted by Gasteiger charge is -2.56. The Bertz CT molecular complexity index is 673. The van der Waals surface area contributed by atoms with Crippen LogP contribution in [0, 0.1) is 5.92 Å². The van der Waals surface area contributed by atoms with Gasteiger partial charge in [0.1, 0.15) is 6.10 Å². The summed E-state index contributed by atoms with van der Waals surface area (Å²) in [7, 11) is 2.22. The number of rotatable bonds is 0. The third-order valence-corrected chi connectivity index (χ3v) is 6.49. The van der Waals surface area contributed by atoms with E-state index in [2.05, 4.69) is 30.2 Å². The van der Waals surface area contributed by atoms with E-state index in [1.165, 1.54) is 11.1 Å². The summed E-state index contributed by atoms with van der Waals surface area (Å²) in [5.74, 6) is 1.39. The molecule has 5 rings (SSSR count). The minimum atomic E-state index is -0.122. The Labute approximate surface area is 129 Å². The Kier molecular flexibility index (Phi) is 2.22. The van der Waals surface area contributed by atoms with Gasteiger partial charge in [-0.3, -0.25) is 0 Å². The highest BCUT2D eigenvalue weighted by atomic mass is 35.5. The second-order valence-corrected chi connectivity index (χ2v) is 7.39. The fraction of sp³-hybridized carbons (Fsp3) is 0.529. The summed E-state index contributed by atoms with van der Waals surface area (Å²) in [4.78, 5) is 2.47. The molecule has 4 aliphatic rings. The molecule has 4 heteroatoms. The second kappa shape index (κ2) is 3.76. The summed E-state index contributed by atoms with van der Waals surface area (Å²) in [6.45, 7) is 1.06. The molecule has 0 aromatic heterocycles. The molecule has 0 unspecified atom stereocenters. The van der Waals surface area contributed by atoms with Gasteiger partial charge >= 0.3 is 0 Å². The average molecular weight is 304 g/mol. The number of alkyl halides is 1. The van der Waals surface area contributed by atoms with Crippen LogP contribution in [-0.4, -0.2) is 41.1 Å². The van der Waals surface area contributed by atoms with E-state index in [1.807, 2.05) is 0 Å². The Morgan fingerprint density at radius 3 is 3.10 bits per heavy atom. The summed E-state index contributed by atoms with van der Waals surface area (Å²) in [5.41, 5.74) is 2.54. The molecule has 110 valence electrons. The van der Waals surface area contributed by atoms with Gasteiger partial charge in [-0.2, -0.15) is 0 Å². The molecule has 3 nitrogen and oxygen atoms in total. The first-order valence-electron chi connectivity index (χ1n) is 7.67. The molecule has 2 aliphatic heterocycles. The van der Waals surface area contributed by atoms with Gasteiger partial charge < -0.3 is 14.7 Å². The quantitative estimate of drug-likeness (QED) is 0.590. The van der Waals surface area contributed by atoms with E-state index in [1.54, 1.807) is 6.07 Å². The topological polar surface area (TPSA) is 32.7 Å². The maximum atomic E-state index is 10.2. The van der Waals surface area contributed by atoms with Gasteiger partial charge in [-0.1, -0.05) is 18.2 Å². The third kappa shape index (κ3) is 1.27. The van der Waals surface area contributed by atoms with Crippen molar-refractivity contribution in [2.24, 2.45) is 5.92 Å². The number of benzene rings is 1. The number of ether oxygens (including phenoxy) is 1. The maximum Gasteiger partial charge on any atom is 0.165 e. The van der Waals surface area contributed by atoms with E-state index in [0.29, 0.717) is 17.7 Å². The molecule has 2 bridgehead atoms. The van der Waals surface area contributed by atoms with Crippen LogP contribution < -0.4 is 4.74 Å². The van der Waals surface area contributed by atoms with Crippen molar-refractivity contribution >= 4 is 11.6 Å². The van der Waals surface area contributed by atoms with Crippen LogP contribution in [0.2, 0.25) is 0 Å². The second-order valence-electron chi connectivity index (χ2n) is 6.88. The summed E-state index contributed by atoms with van der Waals surface area (Å²) >= 11 is 6.57. The standard InChI is InChI=1S/C17H18ClNO2/c1-19-7-6-17-10-3-4-11(18)16(17)21-15-13(20)5-2-9(14(15)17)8-12(10)19/h2-5,10-12,16,20H,6-8H2,1H3/t10-,11+,12+,16-,17-/m0/s1. The number of halogens is 1. The first-order valence-corrected chi connectivity index (χ1v) is 8.11. The van der Waals surface area contributed by atoms with Gasteiger partial charge in [-0.25, -0.2) is 0 Å². The van der Waals surface area contributed by atoms with Crippen LogP contribution in [0.3, 0.4) is 0 Å². The van der Waals surface area contributed by atoms with Gasteiger partial charge in [0.05, 0.1) is 5.38 Å². The van der Waals surface area contributed by atoms with Crippen molar-refractivity contribution in [2.45, 2.75) is 35.8 Å². The fourth-order valence-corrected chi connectivity index (χ4v) is 5.57. The number of likely N-dealkylation sites (tertiary alicyclic amines) is 1. The first-order chi connectivity index (χ1) is 10.1. The average Bonchev–Trinajstić information content (AvgIpc) is 2.83. The molecule has 0 amide bonds. The molecule has 2 aliphatic carbocycles. The lowest BCUT2D eigenvalue weighted by Crippen LogP contribution is -2.64. The van der Waals surface area contributed by atoms with Crippen LogP contribution in [-0.2, 0) is 11.8 Å². The van der Waals surface area contributed by atoms with Crippen molar-refractivity contribution in [3.63, 3.8) is 0 Å². The number of piperidine rings is 1. The predicted molar refractivity (Wildman–Crippen MR) is 81.2 cm³/mol. The van der Waals surface area contributed by atoms with Gasteiger partial charge in [0.2, 0.25) is 0 Å². The summed E-state index contributed by atoms with van der Waals surface area (Å²) < 4.78 is 6.21. The van der Waals surface area contributed by atoms with Crippen LogP contribution in [0.25, 0.3) is 0 Å². The van der Waals surface area contributed by atoms with Crippen molar-refractivity contribution < 1.29 is 9.84 Å². The van der Waals surface area contributed by atoms with Crippen LogP contribution >= 0.6 is 11.6 Å². The molecule has 1 aromatic rings. The largest absolute Gasteiger partial charge is 0.504 e. The van der Waals surface area contributed by atoms with Gasteiger partial charge in [-0.05, 0) is 38.1 Å². The van der Waals surface area contributed by atoms with Gasteiger partial charge in [0, 0.05) is 22.9 Å². The molecule has 21 heavy (non-hydrogen) atoms. The number of nitrogens with zero attached hydrogens (tertiary/aromatic N) is 1. The molecule has 5 atom stereocenters. The minimum absolute atomic E-state index is 0.0417. The van der Waals surface area contributed by atoms with E-state index in [0.717, 1.165) is 19.4 Å². The lowest BCUT2D eigenvalue weighted by molar-refractivity contribution is 0.00341. The van der Waals surface area contributed by atoms with Crippen LogP contribution in [0.1, 0.15) is 17.5 Å². The molecule has 2 heterocycles. The number of phenolic OH excluding ortho intramolecular Hbond substituents is 1. The molecular formula is C17H18ClNO2. The van der Waals surface area contributed by atoms with Gasteiger partial charge in [0.15, 0.2) is 11.5 Å². The predicted octanol–water partition coefficient (Wildman–Crippen LogP) is 2.44. The smallest absolute Gasteiger partial charge is 0.165 e. The molecule has 1 aromatic carbocycles. The molecule has 1 N–H and O–H groups in total. The van der Waals surface area contributed by atoms with Crippen molar-refractivity contribution in [2.75, 3.05) is 13.6 Å². The number of phenols is 1. The highest BCUT2D eigenvalue weighted by Crippen LogP contribution is 2.62. The van der Waals surface area contributed by atoms with E-state index in [-0.39, 0.29) is 22.6 Å². The first kappa shape index (κ1) is 12.4. The van der Waals surface area contributed by atoms with Crippen molar-refractivity contribution in [3.8, 4) is 11.5 Å². The van der Waals surface area contributed by atoms with Crippen LogP contribution in [0.4, 0.5) is 0 Å². The third-order valence-electron chi connectivity index (χ3n) is 6.12. The van der Waals surface area contributed by atoms with Crippen LogP contribution in [0.15, 0.2) is 24.3 Å². The normalized spacial score (nSPS) is 42.6. The number of hydrogen-bond acceptors (Lipinski definition) is 3. The molecule has 1 fully saturated rings. The Morgan fingerprint density at radius 1 is 1.38 bits per heavy atom. The highest BCUT2D eigenvalue weighted by Gasteiger charge is 2.64. The van der Waals surface area contributed by atoms with Crippen molar-refractivity contribution in [1.82, 2.24) is 4.90 Å². The zero-order valence-electron chi connectivity index (χ0n) is 11.9. The monoisotopic (exact) mass is 303 g/mol. The van der Waals surface area contributed by atoms with E-state index >= 15 is 0 Å². The summed E-state index contributed by atoms with van der Waals surface area (Å²) in [6.07, 6.45) is 6.42. The maximum absolute atomic E-state index is 10.2. The SMILES string of the molecule is CN1CC[C@]23c4c5ccc(O)c4O[C@H]2[C@H](Cl)C=C[C@H]3[C@H]1C5. The Morgan fingerprint density at radius 2 is 2.24 bits per heavy atom. The van der Waals surface area contributed by atoms with E-state index in [9.17, 15) is 5.11 Å². The van der Waals surface area contributed by atoms with E-state index < -0.39 is 0 Å². The van der Waals surface area contributed by atoms with Crippen molar-refractivity contribution in [1.29, 1.82) is 0 Å².